The van der Waals surface area contributed by atoms with Crippen LogP contribution in [0.15, 0.2) is 6.07 Å². The summed E-state index contributed by atoms with van der Waals surface area (Å²) < 4.78 is 30.2. The molecule has 0 atom stereocenters. The second kappa shape index (κ2) is 5.85. The summed E-state index contributed by atoms with van der Waals surface area (Å²) in [5.74, 6) is -0.804. The lowest BCUT2D eigenvalue weighted by Gasteiger charge is -2.09. The molecule has 0 aliphatic carbocycles. The van der Waals surface area contributed by atoms with Gasteiger partial charge >= 0.3 is 5.97 Å². The minimum atomic E-state index is -2.80. The molecule has 1 aromatic rings. The maximum atomic E-state index is 12.7. The standard InChI is InChI=1S/C9H7BrF2INO2/c1-16-9(15)5-2-4(3-10)8(13)14-6(5)7(11)12/h2,7H,3H2,1H3. The summed E-state index contributed by atoms with van der Waals surface area (Å²) in [7, 11) is 1.14. The van der Waals surface area contributed by atoms with Gasteiger partial charge in [0.15, 0.2) is 0 Å². The first-order valence-electron chi connectivity index (χ1n) is 4.13. The van der Waals surface area contributed by atoms with Gasteiger partial charge in [-0.2, -0.15) is 0 Å². The van der Waals surface area contributed by atoms with Gasteiger partial charge in [0.1, 0.15) is 9.39 Å². The molecule has 0 aromatic carbocycles. The lowest BCUT2D eigenvalue weighted by Crippen LogP contribution is -2.10. The van der Waals surface area contributed by atoms with E-state index >= 15 is 0 Å². The van der Waals surface area contributed by atoms with E-state index in [1.807, 2.05) is 22.6 Å². The number of carbonyl (C=O) groups excluding carboxylic acids is 1. The molecule has 1 aromatic heterocycles. The van der Waals surface area contributed by atoms with Crippen LogP contribution in [0.3, 0.4) is 0 Å². The van der Waals surface area contributed by atoms with Gasteiger partial charge in [0.2, 0.25) is 0 Å². The predicted molar refractivity (Wildman–Crippen MR) is 65.9 cm³/mol. The summed E-state index contributed by atoms with van der Waals surface area (Å²) in [4.78, 5) is 15.0. The van der Waals surface area contributed by atoms with Crippen LogP contribution in [0.5, 0.6) is 0 Å². The molecule has 1 heterocycles. The monoisotopic (exact) mass is 405 g/mol. The third-order valence-corrected chi connectivity index (χ3v) is 3.37. The molecule has 3 nitrogen and oxygen atoms in total. The number of carbonyl (C=O) groups is 1. The Balaban J connectivity index is 3.36. The van der Waals surface area contributed by atoms with Crippen LogP contribution in [0.1, 0.15) is 28.0 Å². The molecule has 0 amide bonds. The number of pyridine rings is 1. The molecule has 0 aliphatic rings. The van der Waals surface area contributed by atoms with Crippen molar-refractivity contribution in [2.24, 2.45) is 0 Å². The zero-order valence-corrected chi connectivity index (χ0v) is 11.9. The second-order valence-corrected chi connectivity index (χ2v) is 4.38. The Bertz CT molecular complexity index is 415. The van der Waals surface area contributed by atoms with Crippen molar-refractivity contribution in [1.29, 1.82) is 0 Å². The highest BCUT2D eigenvalue weighted by Crippen LogP contribution is 2.25. The molecule has 0 N–H and O–H groups in total. The fourth-order valence-electron chi connectivity index (χ4n) is 1.08. The first kappa shape index (κ1) is 13.8. The third-order valence-electron chi connectivity index (χ3n) is 1.83. The molecule has 0 bridgehead atoms. The zero-order chi connectivity index (χ0) is 12.3. The van der Waals surface area contributed by atoms with E-state index in [1.54, 1.807) is 0 Å². The average molecular weight is 406 g/mol. The predicted octanol–water partition coefficient (Wildman–Crippen LogP) is 3.31. The molecule has 0 saturated carbocycles. The second-order valence-electron chi connectivity index (χ2n) is 2.80. The van der Waals surface area contributed by atoms with Crippen molar-refractivity contribution in [3.05, 3.63) is 26.6 Å². The Morgan fingerprint density at radius 3 is 2.75 bits per heavy atom. The molecule has 16 heavy (non-hydrogen) atoms. The molecule has 0 saturated heterocycles. The van der Waals surface area contributed by atoms with Crippen molar-refractivity contribution in [3.8, 4) is 0 Å². The van der Waals surface area contributed by atoms with Crippen LogP contribution in [0.4, 0.5) is 8.78 Å². The van der Waals surface area contributed by atoms with E-state index < -0.39 is 18.1 Å². The van der Waals surface area contributed by atoms with E-state index in [9.17, 15) is 13.6 Å². The number of rotatable bonds is 3. The van der Waals surface area contributed by atoms with Crippen molar-refractivity contribution in [2.75, 3.05) is 7.11 Å². The molecule has 0 unspecified atom stereocenters. The lowest BCUT2D eigenvalue weighted by molar-refractivity contribution is 0.0587. The topological polar surface area (TPSA) is 39.2 Å². The van der Waals surface area contributed by atoms with E-state index in [0.717, 1.165) is 7.11 Å². The van der Waals surface area contributed by atoms with Gasteiger partial charge in [0.05, 0.1) is 12.7 Å². The summed E-state index contributed by atoms with van der Waals surface area (Å²) in [6.07, 6.45) is -2.80. The van der Waals surface area contributed by atoms with E-state index in [0.29, 0.717) is 14.6 Å². The number of hydrogen-bond donors (Lipinski definition) is 0. The average Bonchev–Trinajstić information content (AvgIpc) is 2.27. The number of aromatic nitrogens is 1. The van der Waals surface area contributed by atoms with Crippen LogP contribution >= 0.6 is 38.5 Å². The quantitative estimate of drug-likeness (QED) is 0.335. The van der Waals surface area contributed by atoms with Crippen molar-refractivity contribution in [1.82, 2.24) is 4.98 Å². The largest absolute Gasteiger partial charge is 0.465 e. The van der Waals surface area contributed by atoms with Gasteiger partial charge in [-0.05, 0) is 34.2 Å². The van der Waals surface area contributed by atoms with Gasteiger partial charge < -0.3 is 4.74 Å². The fraction of sp³-hybridized carbons (Fsp3) is 0.333. The Morgan fingerprint density at radius 1 is 1.69 bits per heavy atom. The van der Waals surface area contributed by atoms with Crippen LogP contribution < -0.4 is 0 Å². The van der Waals surface area contributed by atoms with Crippen LogP contribution in [-0.2, 0) is 10.1 Å². The Kier molecular flexibility index (Phi) is 5.03. The summed E-state index contributed by atoms with van der Waals surface area (Å²) in [5.41, 5.74) is -0.0567. The van der Waals surface area contributed by atoms with Gasteiger partial charge in [0, 0.05) is 5.33 Å². The summed E-state index contributed by atoms with van der Waals surface area (Å²) in [6.45, 7) is 0. The highest BCUT2D eigenvalue weighted by atomic mass is 127. The number of hydrogen-bond acceptors (Lipinski definition) is 3. The fourth-order valence-corrected chi connectivity index (χ4v) is 2.64. The van der Waals surface area contributed by atoms with Crippen LogP contribution in [0.2, 0.25) is 0 Å². The SMILES string of the molecule is COC(=O)c1cc(CBr)c(I)nc1C(F)F. The van der Waals surface area contributed by atoms with E-state index in [1.165, 1.54) is 6.07 Å². The first-order chi connectivity index (χ1) is 7.51. The first-order valence-corrected chi connectivity index (χ1v) is 6.33. The lowest BCUT2D eigenvalue weighted by atomic mass is 10.1. The molecular weight excluding hydrogens is 399 g/mol. The zero-order valence-electron chi connectivity index (χ0n) is 8.14. The van der Waals surface area contributed by atoms with E-state index in [2.05, 4.69) is 25.7 Å². The maximum Gasteiger partial charge on any atom is 0.339 e. The van der Waals surface area contributed by atoms with Gasteiger partial charge in [-0.25, -0.2) is 18.6 Å². The third kappa shape index (κ3) is 2.88. The van der Waals surface area contributed by atoms with E-state index in [4.69, 9.17) is 0 Å². The number of nitrogens with zero attached hydrogens (tertiary/aromatic N) is 1. The van der Waals surface area contributed by atoms with Crippen molar-refractivity contribution >= 4 is 44.5 Å². The van der Waals surface area contributed by atoms with Gasteiger partial charge in [0.25, 0.3) is 6.43 Å². The van der Waals surface area contributed by atoms with Gasteiger partial charge in [-0.3, -0.25) is 0 Å². The highest BCUT2D eigenvalue weighted by Gasteiger charge is 2.22. The molecule has 7 heteroatoms. The van der Waals surface area contributed by atoms with Crippen LogP contribution in [0.25, 0.3) is 0 Å². The molecule has 0 spiro atoms. The molecule has 0 aliphatic heterocycles. The number of alkyl halides is 3. The number of ether oxygens (including phenoxy) is 1. The Hall–Kier alpha value is -0.310. The Morgan fingerprint density at radius 2 is 2.31 bits per heavy atom. The van der Waals surface area contributed by atoms with Crippen molar-refractivity contribution in [2.45, 2.75) is 11.8 Å². The van der Waals surface area contributed by atoms with Gasteiger partial charge in [-0.1, -0.05) is 15.9 Å². The van der Waals surface area contributed by atoms with E-state index in [-0.39, 0.29) is 5.56 Å². The number of methoxy groups -OCH3 is 1. The Labute approximate surface area is 113 Å². The molecular formula is C9H7BrF2INO2. The molecule has 1 rings (SSSR count). The molecule has 0 fully saturated rings. The van der Waals surface area contributed by atoms with Crippen LogP contribution in [-0.4, -0.2) is 18.1 Å². The number of esters is 1. The summed E-state index contributed by atoms with van der Waals surface area (Å²) in [6, 6.07) is 1.37. The highest BCUT2D eigenvalue weighted by molar-refractivity contribution is 14.1. The summed E-state index contributed by atoms with van der Waals surface area (Å²) >= 11 is 5.04. The van der Waals surface area contributed by atoms with Gasteiger partial charge in [-0.15, -0.1) is 0 Å². The normalized spacial score (nSPS) is 10.6. The van der Waals surface area contributed by atoms with Crippen LogP contribution in [0, 0.1) is 3.70 Å². The molecule has 0 radical (unpaired) electrons. The van der Waals surface area contributed by atoms with Crippen molar-refractivity contribution < 1.29 is 18.3 Å². The summed E-state index contributed by atoms with van der Waals surface area (Å²) in [5, 5.41) is 0.436. The minimum Gasteiger partial charge on any atom is -0.465 e. The maximum absolute atomic E-state index is 12.7. The van der Waals surface area contributed by atoms with Crippen molar-refractivity contribution in [3.63, 3.8) is 0 Å². The smallest absolute Gasteiger partial charge is 0.339 e. The number of halogens is 4. The molecule has 88 valence electrons. The minimum absolute atomic E-state index is 0.188.